The molecule has 2 heterocycles. The van der Waals surface area contributed by atoms with Crippen LogP contribution in [0.4, 0.5) is 5.69 Å². The summed E-state index contributed by atoms with van der Waals surface area (Å²) in [5.41, 5.74) is 7.87. The standard InChI is InChI=1S/C10H8BrN3/c11-8-5-7(12)6-14-10(8)9-3-1-2-4-13-9/h1-6H,12H2. The van der Waals surface area contributed by atoms with Gasteiger partial charge in [0, 0.05) is 10.7 Å². The largest absolute Gasteiger partial charge is 0.397 e. The van der Waals surface area contributed by atoms with Gasteiger partial charge in [0.05, 0.1) is 17.6 Å². The van der Waals surface area contributed by atoms with Gasteiger partial charge in [-0.15, -0.1) is 0 Å². The highest BCUT2D eigenvalue weighted by molar-refractivity contribution is 9.10. The Morgan fingerprint density at radius 1 is 1.21 bits per heavy atom. The van der Waals surface area contributed by atoms with Gasteiger partial charge in [0.1, 0.15) is 5.69 Å². The number of rotatable bonds is 1. The second-order valence-corrected chi connectivity index (χ2v) is 3.67. The summed E-state index contributed by atoms with van der Waals surface area (Å²) in [7, 11) is 0. The molecule has 4 heteroatoms. The average Bonchev–Trinajstić information content (AvgIpc) is 2.19. The van der Waals surface area contributed by atoms with Crippen LogP contribution in [-0.2, 0) is 0 Å². The summed E-state index contributed by atoms with van der Waals surface area (Å²) in [6, 6.07) is 7.52. The summed E-state index contributed by atoms with van der Waals surface area (Å²) in [6.07, 6.45) is 3.36. The minimum absolute atomic E-state index is 0.636. The Bertz CT molecular complexity index is 442. The van der Waals surface area contributed by atoms with Gasteiger partial charge in [0.2, 0.25) is 0 Å². The first-order chi connectivity index (χ1) is 6.77. The van der Waals surface area contributed by atoms with Crippen LogP contribution in [0, 0.1) is 0 Å². The van der Waals surface area contributed by atoms with Crippen LogP contribution in [-0.4, -0.2) is 9.97 Å². The van der Waals surface area contributed by atoms with Gasteiger partial charge >= 0.3 is 0 Å². The molecule has 2 aromatic rings. The number of anilines is 1. The maximum Gasteiger partial charge on any atom is 0.103 e. The van der Waals surface area contributed by atoms with Gasteiger partial charge < -0.3 is 5.73 Å². The van der Waals surface area contributed by atoms with Crippen molar-refractivity contribution in [2.75, 3.05) is 5.73 Å². The molecule has 0 spiro atoms. The van der Waals surface area contributed by atoms with Crippen molar-refractivity contribution in [3.05, 3.63) is 41.1 Å². The van der Waals surface area contributed by atoms with Crippen LogP contribution in [0.5, 0.6) is 0 Å². The van der Waals surface area contributed by atoms with E-state index in [1.165, 1.54) is 0 Å². The van der Waals surface area contributed by atoms with E-state index in [2.05, 4.69) is 25.9 Å². The summed E-state index contributed by atoms with van der Waals surface area (Å²) < 4.78 is 0.858. The number of nitrogens with two attached hydrogens (primary N) is 1. The Hall–Kier alpha value is -1.42. The fraction of sp³-hybridized carbons (Fsp3) is 0. The zero-order valence-corrected chi connectivity index (χ0v) is 8.90. The lowest BCUT2D eigenvalue weighted by molar-refractivity contribution is 1.24. The minimum atomic E-state index is 0.636. The number of halogens is 1. The predicted molar refractivity (Wildman–Crippen MR) is 59.6 cm³/mol. The summed E-state index contributed by atoms with van der Waals surface area (Å²) in [5, 5.41) is 0. The molecule has 0 amide bonds. The van der Waals surface area contributed by atoms with Crippen molar-refractivity contribution in [2.24, 2.45) is 0 Å². The molecule has 2 rings (SSSR count). The number of aromatic nitrogens is 2. The molecule has 0 saturated carbocycles. The third kappa shape index (κ3) is 1.75. The van der Waals surface area contributed by atoms with E-state index in [9.17, 15) is 0 Å². The monoisotopic (exact) mass is 249 g/mol. The Labute approximate surface area is 90.1 Å². The van der Waals surface area contributed by atoms with Crippen molar-refractivity contribution in [3.63, 3.8) is 0 Å². The highest BCUT2D eigenvalue weighted by Crippen LogP contribution is 2.25. The zero-order chi connectivity index (χ0) is 9.97. The van der Waals surface area contributed by atoms with Crippen LogP contribution in [0.1, 0.15) is 0 Å². The maximum absolute atomic E-state index is 5.59. The van der Waals surface area contributed by atoms with Gasteiger partial charge in [0.25, 0.3) is 0 Å². The van der Waals surface area contributed by atoms with Crippen LogP contribution in [0.3, 0.4) is 0 Å². The lowest BCUT2D eigenvalue weighted by Crippen LogP contribution is -1.91. The van der Waals surface area contributed by atoms with Crippen molar-refractivity contribution in [2.45, 2.75) is 0 Å². The second-order valence-electron chi connectivity index (χ2n) is 2.81. The molecular weight excluding hydrogens is 242 g/mol. The van der Waals surface area contributed by atoms with Gasteiger partial charge in [-0.25, -0.2) is 0 Å². The normalized spacial score (nSPS) is 10.1. The molecule has 0 fully saturated rings. The molecule has 70 valence electrons. The molecule has 2 aromatic heterocycles. The van der Waals surface area contributed by atoms with Crippen molar-refractivity contribution < 1.29 is 0 Å². The molecule has 0 atom stereocenters. The Morgan fingerprint density at radius 2 is 2.07 bits per heavy atom. The maximum atomic E-state index is 5.59. The van der Waals surface area contributed by atoms with Crippen LogP contribution in [0.2, 0.25) is 0 Å². The highest BCUT2D eigenvalue weighted by Gasteiger charge is 2.04. The lowest BCUT2D eigenvalue weighted by atomic mass is 10.2. The zero-order valence-electron chi connectivity index (χ0n) is 7.31. The van der Waals surface area contributed by atoms with Gasteiger partial charge in [0.15, 0.2) is 0 Å². The van der Waals surface area contributed by atoms with Crippen LogP contribution < -0.4 is 5.73 Å². The van der Waals surface area contributed by atoms with Crippen molar-refractivity contribution >= 4 is 21.6 Å². The summed E-state index contributed by atoms with van der Waals surface area (Å²) in [4.78, 5) is 8.42. The molecule has 0 bridgehead atoms. The van der Waals surface area contributed by atoms with E-state index in [0.29, 0.717) is 5.69 Å². The van der Waals surface area contributed by atoms with E-state index < -0.39 is 0 Å². The number of nitrogens with zero attached hydrogens (tertiary/aromatic N) is 2. The van der Waals surface area contributed by atoms with Gasteiger partial charge in [-0.1, -0.05) is 6.07 Å². The Balaban J connectivity index is 2.53. The van der Waals surface area contributed by atoms with E-state index >= 15 is 0 Å². The van der Waals surface area contributed by atoms with Gasteiger partial charge in [-0.2, -0.15) is 0 Å². The number of nitrogen functional groups attached to an aromatic ring is 1. The third-order valence-corrected chi connectivity index (χ3v) is 2.37. The van der Waals surface area contributed by atoms with E-state index in [1.54, 1.807) is 12.4 Å². The van der Waals surface area contributed by atoms with Crippen LogP contribution in [0.15, 0.2) is 41.1 Å². The van der Waals surface area contributed by atoms with E-state index in [-0.39, 0.29) is 0 Å². The summed E-state index contributed by atoms with van der Waals surface area (Å²) >= 11 is 3.40. The minimum Gasteiger partial charge on any atom is -0.397 e. The third-order valence-electron chi connectivity index (χ3n) is 1.77. The smallest absolute Gasteiger partial charge is 0.103 e. The second kappa shape index (κ2) is 3.75. The molecule has 14 heavy (non-hydrogen) atoms. The predicted octanol–water partition coefficient (Wildman–Crippen LogP) is 2.49. The molecule has 0 radical (unpaired) electrons. The SMILES string of the molecule is Nc1cnc(-c2ccccn2)c(Br)c1. The van der Waals surface area contributed by atoms with Crippen LogP contribution in [0.25, 0.3) is 11.4 Å². The van der Waals surface area contributed by atoms with Crippen molar-refractivity contribution in [3.8, 4) is 11.4 Å². The molecule has 3 nitrogen and oxygen atoms in total. The Morgan fingerprint density at radius 3 is 2.71 bits per heavy atom. The lowest BCUT2D eigenvalue weighted by Gasteiger charge is -2.02. The first kappa shape index (κ1) is 9.15. The van der Waals surface area contributed by atoms with E-state index in [4.69, 9.17) is 5.73 Å². The number of hydrogen-bond donors (Lipinski definition) is 1. The molecule has 0 saturated heterocycles. The molecule has 0 aliphatic heterocycles. The van der Waals surface area contributed by atoms with Crippen molar-refractivity contribution in [1.82, 2.24) is 9.97 Å². The van der Waals surface area contributed by atoms with Gasteiger partial charge in [-0.05, 0) is 34.1 Å². The fourth-order valence-electron chi connectivity index (χ4n) is 1.14. The molecule has 0 unspecified atom stereocenters. The fourth-order valence-corrected chi connectivity index (χ4v) is 1.71. The molecule has 0 aliphatic carbocycles. The van der Waals surface area contributed by atoms with E-state index in [1.807, 2.05) is 24.3 Å². The topological polar surface area (TPSA) is 51.8 Å². The number of hydrogen-bond acceptors (Lipinski definition) is 3. The first-order valence-electron chi connectivity index (χ1n) is 4.10. The summed E-state index contributed by atoms with van der Waals surface area (Å²) in [6.45, 7) is 0. The molecule has 2 N–H and O–H groups in total. The highest BCUT2D eigenvalue weighted by atomic mass is 79.9. The Kier molecular flexibility index (Phi) is 2.45. The van der Waals surface area contributed by atoms with Gasteiger partial charge in [-0.3, -0.25) is 9.97 Å². The molecule has 0 aliphatic rings. The first-order valence-corrected chi connectivity index (χ1v) is 4.89. The van der Waals surface area contributed by atoms with E-state index in [0.717, 1.165) is 15.9 Å². The van der Waals surface area contributed by atoms with Crippen molar-refractivity contribution in [1.29, 1.82) is 0 Å². The number of pyridine rings is 2. The van der Waals surface area contributed by atoms with Crippen LogP contribution >= 0.6 is 15.9 Å². The molecular formula is C10H8BrN3. The molecule has 0 aromatic carbocycles. The average molecular weight is 250 g/mol. The summed E-state index contributed by atoms with van der Waals surface area (Å²) in [5.74, 6) is 0. The quantitative estimate of drug-likeness (QED) is 0.845.